The minimum atomic E-state index is 0.0772. The maximum Gasteiger partial charge on any atom is 0.317 e. The molecular formula is C21H35N3O. The third kappa shape index (κ3) is 7.07. The lowest BCUT2D eigenvalue weighted by Gasteiger charge is -2.32. The fraction of sp³-hybridized carbons (Fsp3) is 0.667. The van der Waals surface area contributed by atoms with Crippen molar-refractivity contribution in [1.82, 2.24) is 15.1 Å². The molecule has 0 bridgehead atoms. The molecule has 0 aliphatic heterocycles. The third-order valence-corrected chi connectivity index (χ3v) is 5.18. The predicted octanol–water partition coefficient (Wildman–Crippen LogP) is 3.91. The SMILES string of the molecule is CN(C)CC(Cc1ccccc1)NC(=O)N(C)C1CCCCCCC1. The number of hydrogen-bond donors (Lipinski definition) is 1. The van der Waals surface area contributed by atoms with Gasteiger partial charge in [0.25, 0.3) is 0 Å². The number of benzene rings is 1. The van der Waals surface area contributed by atoms with E-state index in [0.29, 0.717) is 6.04 Å². The van der Waals surface area contributed by atoms with E-state index in [4.69, 9.17) is 0 Å². The second-order valence-corrected chi connectivity index (χ2v) is 7.71. The first-order chi connectivity index (χ1) is 12.1. The van der Waals surface area contributed by atoms with Gasteiger partial charge in [-0.15, -0.1) is 0 Å². The number of rotatable bonds is 6. The van der Waals surface area contributed by atoms with E-state index in [0.717, 1.165) is 25.8 Å². The van der Waals surface area contributed by atoms with E-state index < -0.39 is 0 Å². The Labute approximate surface area is 153 Å². The molecule has 1 unspecified atom stereocenters. The summed E-state index contributed by atoms with van der Waals surface area (Å²) in [6.07, 6.45) is 9.60. The van der Waals surface area contributed by atoms with Crippen molar-refractivity contribution >= 4 is 6.03 Å². The molecule has 0 radical (unpaired) electrons. The van der Waals surface area contributed by atoms with Crippen LogP contribution in [0.5, 0.6) is 0 Å². The van der Waals surface area contributed by atoms with Crippen LogP contribution in [0.15, 0.2) is 30.3 Å². The van der Waals surface area contributed by atoms with Crippen LogP contribution < -0.4 is 5.32 Å². The van der Waals surface area contributed by atoms with Crippen LogP contribution in [0.4, 0.5) is 4.79 Å². The zero-order chi connectivity index (χ0) is 18.1. The van der Waals surface area contributed by atoms with Crippen molar-refractivity contribution in [2.45, 2.75) is 63.5 Å². The van der Waals surface area contributed by atoms with Crippen LogP contribution >= 0.6 is 0 Å². The Morgan fingerprint density at radius 1 is 1.04 bits per heavy atom. The first kappa shape index (κ1) is 19.8. The van der Waals surface area contributed by atoms with Gasteiger partial charge in [0.2, 0.25) is 0 Å². The number of likely N-dealkylation sites (N-methyl/N-ethyl adjacent to an activating group) is 1. The summed E-state index contributed by atoms with van der Waals surface area (Å²) in [5, 5.41) is 3.28. The van der Waals surface area contributed by atoms with Gasteiger partial charge in [-0.1, -0.05) is 62.4 Å². The highest BCUT2D eigenvalue weighted by atomic mass is 16.2. The molecule has 0 aromatic heterocycles. The highest BCUT2D eigenvalue weighted by Crippen LogP contribution is 2.20. The summed E-state index contributed by atoms with van der Waals surface area (Å²) in [7, 11) is 6.09. The van der Waals surface area contributed by atoms with Crippen molar-refractivity contribution in [3.05, 3.63) is 35.9 Å². The second kappa shape index (κ2) is 10.4. The molecule has 1 saturated carbocycles. The van der Waals surface area contributed by atoms with E-state index in [1.807, 2.05) is 18.0 Å². The number of carbonyl (C=O) groups is 1. The zero-order valence-electron chi connectivity index (χ0n) is 16.2. The number of nitrogens with one attached hydrogen (secondary N) is 1. The van der Waals surface area contributed by atoms with Crippen LogP contribution in [-0.2, 0) is 6.42 Å². The normalized spacial score (nSPS) is 17.6. The van der Waals surface area contributed by atoms with Gasteiger partial charge in [-0.05, 0) is 38.9 Å². The van der Waals surface area contributed by atoms with E-state index in [9.17, 15) is 4.79 Å². The summed E-state index contributed by atoms with van der Waals surface area (Å²) in [5.74, 6) is 0. The average molecular weight is 346 g/mol. The van der Waals surface area contributed by atoms with Crippen LogP contribution in [0.25, 0.3) is 0 Å². The van der Waals surface area contributed by atoms with Crippen LogP contribution in [0, 0.1) is 0 Å². The molecule has 1 aliphatic carbocycles. The van der Waals surface area contributed by atoms with Crippen LogP contribution in [0.1, 0.15) is 50.5 Å². The zero-order valence-corrected chi connectivity index (χ0v) is 16.2. The predicted molar refractivity (Wildman–Crippen MR) is 105 cm³/mol. The molecule has 0 spiro atoms. The third-order valence-electron chi connectivity index (χ3n) is 5.18. The summed E-state index contributed by atoms with van der Waals surface area (Å²) in [5.41, 5.74) is 1.27. The van der Waals surface area contributed by atoms with Gasteiger partial charge in [-0.25, -0.2) is 4.79 Å². The van der Waals surface area contributed by atoms with E-state index in [-0.39, 0.29) is 12.1 Å². The Kier molecular flexibility index (Phi) is 8.26. The standard InChI is InChI=1S/C21H35N3O/c1-23(2)17-19(16-18-12-8-7-9-13-18)22-21(25)24(3)20-14-10-5-4-6-11-15-20/h7-9,12-13,19-20H,4-6,10-11,14-17H2,1-3H3,(H,22,25). The summed E-state index contributed by atoms with van der Waals surface area (Å²) in [6.45, 7) is 0.846. The smallest absolute Gasteiger partial charge is 0.317 e. The largest absolute Gasteiger partial charge is 0.334 e. The minimum Gasteiger partial charge on any atom is -0.334 e. The molecule has 0 saturated heterocycles. The molecule has 1 aromatic rings. The summed E-state index contributed by atoms with van der Waals surface area (Å²) < 4.78 is 0. The van der Waals surface area contributed by atoms with Gasteiger partial charge in [0, 0.05) is 25.7 Å². The summed E-state index contributed by atoms with van der Waals surface area (Å²) in [6, 6.07) is 11.0. The average Bonchev–Trinajstić information content (AvgIpc) is 2.54. The highest BCUT2D eigenvalue weighted by molar-refractivity contribution is 5.74. The lowest BCUT2D eigenvalue weighted by atomic mass is 9.96. The van der Waals surface area contributed by atoms with Crippen molar-refractivity contribution in [2.24, 2.45) is 0 Å². The molecule has 2 amide bonds. The molecule has 1 aromatic carbocycles. The fourth-order valence-electron chi connectivity index (χ4n) is 3.76. The number of nitrogens with zero attached hydrogens (tertiary/aromatic N) is 2. The molecule has 4 nitrogen and oxygen atoms in total. The lowest BCUT2D eigenvalue weighted by Crippen LogP contribution is -2.50. The van der Waals surface area contributed by atoms with Gasteiger partial charge in [0.15, 0.2) is 0 Å². The number of amides is 2. The van der Waals surface area contributed by atoms with Crippen molar-refractivity contribution < 1.29 is 4.79 Å². The molecule has 140 valence electrons. The van der Waals surface area contributed by atoms with Gasteiger partial charge < -0.3 is 15.1 Å². The molecule has 1 N–H and O–H groups in total. The monoisotopic (exact) mass is 345 g/mol. The molecule has 25 heavy (non-hydrogen) atoms. The Balaban J connectivity index is 1.94. The number of urea groups is 1. The molecule has 2 rings (SSSR count). The number of hydrogen-bond acceptors (Lipinski definition) is 2. The van der Waals surface area contributed by atoms with Gasteiger partial charge in [-0.3, -0.25) is 0 Å². The van der Waals surface area contributed by atoms with Crippen molar-refractivity contribution in [1.29, 1.82) is 0 Å². The minimum absolute atomic E-state index is 0.0772. The quantitative estimate of drug-likeness (QED) is 0.848. The Morgan fingerprint density at radius 2 is 1.64 bits per heavy atom. The van der Waals surface area contributed by atoms with E-state index in [1.54, 1.807) is 0 Å². The molecule has 1 fully saturated rings. The van der Waals surface area contributed by atoms with Crippen LogP contribution in [0.3, 0.4) is 0 Å². The molecular weight excluding hydrogens is 310 g/mol. The van der Waals surface area contributed by atoms with Gasteiger partial charge >= 0.3 is 6.03 Å². The molecule has 1 aliphatic rings. The van der Waals surface area contributed by atoms with Gasteiger partial charge in [0.05, 0.1) is 0 Å². The van der Waals surface area contributed by atoms with Gasteiger partial charge in [0.1, 0.15) is 0 Å². The molecule has 0 heterocycles. The maximum absolute atomic E-state index is 12.8. The first-order valence-corrected chi connectivity index (χ1v) is 9.78. The van der Waals surface area contributed by atoms with Crippen molar-refractivity contribution in [2.75, 3.05) is 27.7 Å². The van der Waals surface area contributed by atoms with Gasteiger partial charge in [-0.2, -0.15) is 0 Å². The Bertz CT molecular complexity index is 495. The topological polar surface area (TPSA) is 35.6 Å². The molecule has 1 atom stereocenters. The van der Waals surface area contributed by atoms with Crippen molar-refractivity contribution in [3.8, 4) is 0 Å². The second-order valence-electron chi connectivity index (χ2n) is 7.71. The summed E-state index contributed by atoms with van der Waals surface area (Å²) >= 11 is 0. The maximum atomic E-state index is 12.8. The molecule has 4 heteroatoms. The summed E-state index contributed by atoms with van der Waals surface area (Å²) in [4.78, 5) is 16.9. The van der Waals surface area contributed by atoms with E-state index in [2.05, 4.69) is 48.6 Å². The van der Waals surface area contributed by atoms with E-state index >= 15 is 0 Å². The fourth-order valence-corrected chi connectivity index (χ4v) is 3.76. The first-order valence-electron chi connectivity index (χ1n) is 9.78. The van der Waals surface area contributed by atoms with E-state index in [1.165, 1.54) is 37.7 Å². The van der Waals surface area contributed by atoms with Crippen LogP contribution in [0.2, 0.25) is 0 Å². The van der Waals surface area contributed by atoms with Crippen LogP contribution in [-0.4, -0.2) is 55.6 Å². The van der Waals surface area contributed by atoms with Crippen molar-refractivity contribution in [3.63, 3.8) is 0 Å². The Morgan fingerprint density at radius 3 is 2.24 bits per heavy atom. The number of carbonyl (C=O) groups excluding carboxylic acids is 1. The highest BCUT2D eigenvalue weighted by Gasteiger charge is 2.23. The lowest BCUT2D eigenvalue weighted by molar-refractivity contribution is 0.172. The Hall–Kier alpha value is -1.55.